The molecule has 0 aliphatic rings. The first kappa shape index (κ1) is 14.4. The van der Waals surface area contributed by atoms with Gasteiger partial charge in [-0.05, 0) is 34.3 Å². The van der Waals surface area contributed by atoms with Crippen molar-refractivity contribution in [2.45, 2.75) is 11.7 Å². The first-order chi connectivity index (χ1) is 11.2. The van der Waals surface area contributed by atoms with Crippen LogP contribution in [-0.4, -0.2) is 40.8 Å². The number of aromatic nitrogens is 7. The lowest BCUT2D eigenvalue weighted by Gasteiger charge is -2.07. The van der Waals surface area contributed by atoms with Gasteiger partial charge in [0.2, 0.25) is 5.95 Å². The fraction of sp³-hybridized carbons (Fsp3) is 0.154. The number of H-pyrrole nitrogens is 1. The minimum Gasteiger partial charge on any atom is -0.347 e. The molecule has 4 aromatic heterocycles. The zero-order chi connectivity index (χ0) is 15.8. The molecule has 4 heterocycles. The Morgan fingerprint density at radius 1 is 1.35 bits per heavy atom. The molecule has 0 aromatic carbocycles. The number of anilines is 1. The lowest BCUT2D eigenvalue weighted by atomic mass is 10.4. The maximum absolute atomic E-state index is 4.46. The van der Waals surface area contributed by atoms with Crippen molar-refractivity contribution < 1.29 is 0 Å². The van der Waals surface area contributed by atoms with Gasteiger partial charge in [0.1, 0.15) is 5.82 Å². The number of hydrogen-bond acceptors (Lipinski definition) is 7. The van der Waals surface area contributed by atoms with Gasteiger partial charge in [0, 0.05) is 6.20 Å². The van der Waals surface area contributed by atoms with Gasteiger partial charge in [-0.3, -0.25) is 0 Å². The monoisotopic (exact) mass is 390 g/mol. The summed E-state index contributed by atoms with van der Waals surface area (Å²) in [4.78, 5) is 20.8. The summed E-state index contributed by atoms with van der Waals surface area (Å²) in [7, 11) is 0. The van der Waals surface area contributed by atoms with E-state index in [1.807, 2.05) is 18.4 Å². The van der Waals surface area contributed by atoms with Gasteiger partial charge < -0.3 is 10.3 Å². The second kappa shape index (κ2) is 5.78. The molecule has 23 heavy (non-hydrogen) atoms. The number of hydrogen-bond donors (Lipinski definition) is 2. The van der Waals surface area contributed by atoms with Crippen molar-refractivity contribution >= 4 is 50.5 Å². The zero-order valence-corrected chi connectivity index (χ0v) is 14.4. The molecular formula is C13H11BrN8S. The second-order valence-corrected chi connectivity index (χ2v) is 6.30. The molecule has 0 saturated carbocycles. The molecule has 0 spiro atoms. The molecule has 0 bridgehead atoms. The number of aromatic amines is 1. The molecule has 0 atom stereocenters. The molecule has 2 N–H and O–H groups in total. The third kappa shape index (κ3) is 2.63. The van der Waals surface area contributed by atoms with E-state index in [4.69, 9.17) is 0 Å². The molecule has 0 aliphatic heterocycles. The van der Waals surface area contributed by atoms with E-state index in [2.05, 4.69) is 51.3 Å². The van der Waals surface area contributed by atoms with Gasteiger partial charge in [0.15, 0.2) is 16.5 Å². The van der Waals surface area contributed by atoms with Crippen LogP contribution in [0.5, 0.6) is 0 Å². The van der Waals surface area contributed by atoms with E-state index < -0.39 is 0 Å². The fourth-order valence-corrected chi connectivity index (χ4v) is 2.88. The molecule has 0 unspecified atom stereocenters. The first-order valence-corrected chi connectivity index (χ1v) is 8.75. The number of nitrogens with zero attached hydrogens (tertiary/aromatic N) is 6. The van der Waals surface area contributed by atoms with E-state index in [-0.39, 0.29) is 0 Å². The van der Waals surface area contributed by atoms with Crippen LogP contribution in [0, 0.1) is 0 Å². The summed E-state index contributed by atoms with van der Waals surface area (Å²) in [5.74, 6) is 1.39. The van der Waals surface area contributed by atoms with Crippen molar-refractivity contribution in [3.63, 3.8) is 0 Å². The van der Waals surface area contributed by atoms with Gasteiger partial charge in [-0.2, -0.15) is 14.6 Å². The van der Waals surface area contributed by atoms with Crippen LogP contribution in [-0.2, 0) is 6.54 Å². The van der Waals surface area contributed by atoms with Crippen molar-refractivity contribution in [1.82, 2.24) is 34.5 Å². The maximum atomic E-state index is 4.46. The molecule has 0 aliphatic carbocycles. The third-order valence-corrected chi connectivity index (χ3v) is 4.31. The van der Waals surface area contributed by atoms with Gasteiger partial charge in [-0.1, -0.05) is 11.8 Å². The Morgan fingerprint density at radius 2 is 2.26 bits per heavy atom. The second-order valence-electron chi connectivity index (χ2n) is 4.67. The van der Waals surface area contributed by atoms with Crippen LogP contribution in [0.1, 0.15) is 5.82 Å². The number of fused-ring (bicyclic) bond motifs is 2. The number of thioether (sulfide) groups is 1. The van der Waals surface area contributed by atoms with Crippen LogP contribution >= 0.6 is 27.7 Å². The number of halogens is 1. The summed E-state index contributed by atoms with van der Waals surface area (Å²) in [6.07, 6.45) is 5.36. The standard InChI is InChI=1S/C13H11BrN8S/c1-23-13-20-11-7(14)5-17-22(11)12(21-13)16-6-9-18-8-3-2-4-15-10(8)19-9/h2-5H,6H2,1H3,(H,15,18,19)(H,16,20,21). The molecule has 0 fully saturated rings. The van der Waals surface area contributed by atoms with E-state index in [0.717, 1.165) is 21.5 Å². The van der Waals surface area contributed by atoms with Crippen molar-refractivity contribution in [2.75, 3.05) is 11.6 Å². The van der Waals surface area contributed by atoms with Gasteiger partial charge in [0.25, 0.3) is 0 Å². The van der Waals surface area contributed by atoms with Crippen LogP contribution in [0.2, 0.25) is 0 Å². The molecule has 10 heteroatoms. The summed E-state index contributed by atoms with van der Waals surface area (Å²) < 4.78 is 2.48. The van der Waals surface area contributed by atoms with E-state index >= 15 is 0 Å². The third-order valence-electron chi connectivity index (χ3n) is 3.21. The van der Waals surface area contributed by atoms with Gasteiger partial charge in [0.05, 0.1) is 22.7 Å². The van der Waals surface area contributed by atoms with Crippen LogP contribution in [0.15, 0.2) is 34.2 Å². The minimum atomic E-state index is 0.480. The highest BCUT2D eigenvalue weighted by Crippen LogP contribution is 2.21. The molecule has 0 radical (unpaired) electrons. The quantitative estimate of drug-likeness (QED) is 0.516. The van der Waals surface area contributed by atoms with Gasteiger partial charge in [-0.15, -0.1) is 0 Å². The predicted molar refractivity (Wildman–Crippen MR) is 91.5 cm³/mol. The lowest BCUT2D eigenvalue weighted by molar-refractivity contribution is 0.824. The minimum absolute atomic E-state index is 0.480. The first-order valence-electron chi connectivity index (χ1n) is 6.73. The van der Waals surface area contributed by atoms with Crippen LogP contribution in [0.25, 0.3) is 16.8 Å². The summed E-state index contributed by atoms with van der Waals surface area (Å²) in [6, 6.07) is 3.82. The molecule has 4 rings (SSSR count). The molecule has 0 amide bonds. The molecule has 8 nitrogen and oxygen atoms in total. The van der Waals surface area contributed by atoms with Crippen molar-refractivity contribution in [2.24, 2.45) is 0 Å². The average molecular weight is 391 g/mol. The lowest BCUT2D eigenvalue weighted by Crippen LogP contribution is -2.10. The highest BCUT2D eigenvalue weighted by atomic mass is 79.9. The Labute approximate surface area is 143 Å². The van der Waals surface area contributed by atoms with E-state index in [9.17, 15) is 0 Å². The normalized spacial score (nSPS) is 11.4. The summed E-state index contributed by atoms with van der Waals surface area (Å²) in [5, 5.41) is 8.20. The van der Waals surface area contributed by atoms with Crippen LogP contribution in [0.3, 0.4) is 0 Å². The predicted octanol–water partition coefficient (Wildman–Crippen LogP) is 2.49. The number of imidazole rings is 1. The summed E-state index contributed by atoms with van der Waals surface area (Å²) >= 11 is 4.92. The van der Waals surface area contributed by atoms with Crippen molar-refractivity contribution in [3.05, 3.63) is 34.8 Å². The highest BCUT2D eigenvalue weighted by Gasteiger charge is 2.12. The number of nitrogens with one attached hydrogen (secondary N) is 2. The Balaban J connectivity index is 1.66. The largest absolute Gasteiger partial charge is 0.347 e. The van der Waals surface area contributed by atoms with Crippen LogP contribution in [0.4, 0.5) is 5.95 Å². The van der Waals surface area contributed by atoms with Gasteiger partial charge >= 0.3 is 0 Å². The molecule has 116 valence electrons. The molecule has 0 saturated heterocycles. The SMILES string of the molecule is CSc1nc(NCc2nc3ncccc3[nH]2)n2ncc(Br)c2n1. The summed E-state index contributed by atoms with van der Waals surface area (Å²) in [5.41, 5.74) is 2.32. The number of rotatable bonds is 4. The van der Waals surface area contributed by atoms with E-state index in [1.165, 1.54) is 11.8 Å². The maximum Gasteiger partial charge on any atom is 0.228 e. The Bertz CT molecular complexity index is 961. The topological polar surface area (TPSA) is 96.7 Å². The average Bonchev–Trinajstić information content (AvgIpc) is 3.16. The zero-order valence-electron chi connectivity index (χ0n) is 12.0. The van der Waals surface area contributed by atoms with Crippen molar-refractivity contribution in [3.8, 4) is 0 Å². The molecule has 4 aromatic rings. The number of pyridine rings is 1. The Morgan fingerprint density at radius 3 is 3.09 bits per heavy atom. The van der Waals surface area contributed by atoms with Crippen molar-refractivity contribution in [1.29, 1.82) is 0 Å². The Hall–Kier alpha value is -2.20. The molecular weight excluding hydrogens is 380 g/mol. The summed E-state index contributed by atoms with van der Waals surface area (Å²) in [6.45, 7) is 0.480. The fourth-order valence-electron chi connectivity index (χ4n) is 2.18. The van der Waals surface area contributed by atoms with Gasteiger partial charge in [-0.25, -0.2) is 15.0 Å². The Kier molecular flexibility index (Phi) is 3.62. The van der Waals surface area contributed by atoms with E-state index in [1.54, 1.807) is 16.9 Å². The van der Waals surface area contributed by atoms with Crippen LogP contribution < -0.4 is 5.32 Å². The van der Waals surface area contributed by atoms with E-state index in [0.29, 0.717) is 23.3 Å². The smallest absolute Gasteiger partial charge is 0.228 e. The highest BCUT2D eigenvalue weighted by molar-refractivity contribution is 9.10.